The molecule has 5 nitrogen and oxygen atoms in total. The van der Waals surface area contributed by atoms with Gasteiger partial charge in [-0.25, -0.2) is 4.99 Å². The Morgan fingerprint density at radius 1 is 1.11 bits per heavy atom. The van der Waals surface area contributed by atoms with Gasteiger partial charge in [-0.2, -0.15) is 0 Å². The van der Waals surface area contributed by atoms with Crippen LogP contribution in [0.15, 0.2) is 41.7 Å². The molecule has 1 aromatic carbocycles. The third-order valence-electron chi connectivity index (χ3n) is 4.10. The molecule has 0 atom stereocenters. The van der Waals surface area contributed by atoms with Crippen molar-refractivity contribution in [3.63, 3.8) is 0 Å². The molecule has 0 saturated carbocycles. The predicted molar refractivity (Wildman–Crippen MR) is 123 cm³/mol. The fourth-order valence-electron chi connectivity index (χ4n) is 2.69. The number of aromatic nitrogens is 1. The first-order valence-corrected chi connectivity index (χ1v) is 9.28. The minimum atomic E-state index is 0. The summed E-state index contributed by atoms with van der Waals surface area (Å²) in [6, 6.07) is 8.33. The van der Waals surface area contributed by atoms with Crippen LogP contribution >= 0.6 is 24.0 Å². The first-order chi connectivity index (χ1) is 12.6. The quantitative estimate of drug-likeness (QED) is 0.339. The van der Waals surface area contributed by atoms with E-state index in [1.807, 2.05) is 19.3 Å². The number of hydrogen-bond donors (Lipinski definition) is 2. The van der Waals surface area contributed by atoms with Gasteiger partial charge in [-0.15, -0.1) is 24.0 Å². The Labute approximate surface area is 180 Å². The van der Waals surface area contributed by atoms with Crippen molar-refractivity contribution in [3.8, 4) is 5.75 Å². The molecule has 2 aromatic rings. The summed E-state index contributed by atoms with van der Waals surface area (Å²) in [7, 11) is 0. The summed E-state index contributed by atoms with van der Waals surface area (Å²) in [6.45, 7) is 11.1. The Balaban J connectivity index is 0.00000364. The van der Waals surface area contributed by atoms with Crippen molar-refractivity contribution in [2.24, 2.45) is 4.99 Å². The van der Waals surface area contributed by atoms with Crippen molar-refractivity contribution < 1.29 is 4.74 Å². The number of aryl methyl sites for hydroxylation is 2. The van der Waals surface area contributed by atoms with E-state index in [4.69, 9.17) is 9.73 Å². The highest BCUT2D eigenvalue weighted by molar-refractivity contribution is 14.0. The van der Waals surface area contributed by atoms with Crippen molar-refractivity contribution in [2.45, 2.75) is 40.7 Å². The van der Waals surface area contributed by atoms with Gasteiger partial charge in [-0.3, -0.25) is 4.98 Å². The zero-order valence-electron chi connectivity index (χ0n) is 16.7. The first-order valence-electron chi connectivity index (χ1n) is 9.28. The number of nitrogens with zero attached hydrogens (tertiary/aromatic N) is 2. The third-order valence-corrected chi connectivity index (χ3v) is 4.10. The molecule has 0 saturated heterocycles. The zero-order valence-corrected chi connectivity index (χ0v) is 19.0. The molecule has 148 valence electrons. The van der Waals surface area contributed by atoms with Crippen LogP contribution in [-0.4, -0.2) is 30.6 Å². The second kappa shape index (κ2) is 12.5. The van der Waals surface area contributed by atoms with Gasteiger partial charge in [0.25, 0.3) is 0 Å². The number of benzene rings is 1. The number of rotatable bonds is 8. The lowest BCUT2D eigenvalue weighted by atomic mass is 10.1. The summed E-state index contributed by atoms with van der Waals surface area (Å²) in [4.78, 5) is 8.85. The molecule has 1 heterocycles. The topological polar surface area (TPSA) is 58.5 Å². The molecule has 2 N–H and O–H groups in total. The molecule has 0 bridgehead atoms. The van der Waals surface area contributed by atoms with Crippen molar-refractivity contribution in [1.29, 1.82) is 0 Å². The summed E-state index contributed by atoms with van der Waals surface area (Å²) in [5.74, 6) is 1.74. The molecule has 27 heavy (non-hydrogen) atoms. The Morgan fingerprint density at radius 2 is 1.93 bits per heavy atom. The van der Waals surface area contributed by atoms with Crippen molar-refractivity contribution in [1.82, 2.24) is 15.6 Å². The molecule has 6 heteroatoms. The molecular weight excluding hydrogens is 451 g/mol. The highest BCUT2D eigenvalue weighted by Gasteiger charge is 2.05. The lowest BCUT2D eigenvalue weighted by Crippen LogP contribution is -2.38. The van der Waals surface area contributed by atoms with E-state index in [0.717, 1.165) is 36.8 Å². The molecule has 0 aliphatic heterocycles. The standard InChI is InChI=1S/C21H30N4O.HI/c1-5-23-21(24-12-10-18-9-11-22-14-17(18)4)25-15-19-8-7-16(3)13-20(19)26-6-2;/h7-9,11,13-14H,5-6,10,12,15H2,1-4H3,(H2,23,24,25);1H. The highest BCUT2D eigenvalue weighted by Crippen LogP contribution is 2.21. The first kappa shape index (κ1) is 23.2. The van der Waals surface area contributed by atoms with E-state index in [-0.39, 0.29) is 24.0 Å². The maximum Gasteiger partial charge on any atom is 0.191 e. The maximum atomic E-state index is 5.75. The average Bonchev–Trinajstić information content (AvgIpc) is 2.63. The molecule has 0 spiro atoms. The summed E-state index contributed by atoms with van der Waals surface area (Å²) < 4.78 is 5.75. The Kier molecular flexibility index (Phi) is 10.8. The fraction of sp³-hybridized carbons (Fsp3) is 0.429. The van der Waals surface area contributed by atoms with Gasteiger partial charge in [-0.1, -0.05) is 12.1 Å². The highest BCUT2D eigenvalue weighted by atomic mass is 127. The second-order valence-corrected chi connectivity index (χ2v) is 6.22. The lowest BCUT2D eigenvalue weighted by Gasteiger charge is -2.13. The van der Waals surface area contributed by atoms with E-state index in [0.29, 0.717) is 13.2 Å². The van der Waals surface area contributed by atoms with Gasteiger partial charge in [0, 0.05) is 31.0 Å². The van der Waals surface area contributed by atoms with E-state index in [9.17, 15) is 0 Å². The van der Waals surface area contributed by atoms with Gasteiger partial charge < -0.3 is 15.4 Å². The van der Waals surface area contributed by atoms with Gasteiger partial charge in [0.1, 0.15) is 5.75 Å². The van der Waals surface area contributed by atoms with Gasteiger partial charge in [-0.05, 0) is 62.9 Å². The van der Waals surface area contributed by atoms with Crippen LogP contribution in [-0.2, 0) is 13.0 Å². The van der Waals surface area contributed by atoms with E-state index in [1.54, 1.807) is 0 Å². The van der Waals surface area contributed by atoms with Gasteiger partial charge in [0.15, 0.2) is 5.96 Å². The van der Waals surface area contributed by atoms with Crippen LogP contribution in [0.2, 0.25) is 0 Å². The van der Waals surface area contributed by atoms with Crippen LogP contribution in [0.3, 0.4) is 0 Å². The van der Waals surface area contributed by atoms with Gasteiger partial charge >= 0.3 is 0 Å². The smallest absolute Gasteiger partial charge is 0.191 e. The lowest BCUT2D eigenvalue weighted by molar-refractivity contribution is 0.336. The van der Waals surface area contributed by atoms with Crippen molar-refractivity contribution in [2.75, 3.05) is 19.7 Å². The second-order valence-electron chi connectivity index (χ2n) is 6.22. The fourth-order valence-corrected chi connectivity index (χ4v) is 2.69. The SMILES string of the molecule is CCNC(=NCc1ccc(C)cc1OCC)NCCc1ccncc1C.I. The molecule has 0 unspecified atom stereocenters. The molecule has 0 amide bonds. The number of aliphatic imine (C=N–C) groups is 1. The van der Waals surface area contributed by atoms with E-state index in [2.05, 4.69) is 60.7 Å². The summed E-state index contributed by atoms with van der Waals surface area (Å²) in [5, 5.41) is 6.71. The number of pyridine rings is 1. The molecule has 0 aliphatic rings. The molecular formula is C21H31IN4O. The summed E-state index contributed by atoms with van der Waals surface area (Å²) in [6.07, 6.45) is 4.68. The number of hydrogen-bond acceptors (Lipinski definition) is 3. The molecule has 0 aliphatic carbocycles. The summed E-state index contributed by atoms with van der Waals surface area (Å²) >= 11 is 0. The molecule has 1 aromatic heterocycles. The van der Waals surface area contributed by atoms with Crippen LogP contribution in [0.1, 0.15) is 36.1 Å². The number of halogens is 1. The largest absolute Gasteiger partial charge is 0.494 e. The normalized spacial score (nSPS) is 10.9. The van der Waals surface area contributed by atoms with Crippen molar-refractivity contribution in [3.05, 3.63) is 58.9 Å². The van der Waals surface area contributed by atoms with Gasteiger partial charge in [0.05, 0.1) is 13.2 Å². The average molecular weight is 482 g/mol. The molecule has 0 fully saturated rings. The third kappa shape index (κ3) is 7.74. The van der Waals surface area contributed by atoms with Gasteiger partial charge in [0.2, 0.25) is 0 Å². The Hall–Kier alpha value is -1.83. The minimum Gasteiger partial charge on any atom is -0.494 e. The van der Waals surface area contributed by atoms with E-state index >= 15 is 0 Å². The van der Waals surface area contributed by atoms with Crippen molar-refractivity contribution >= 4 is 29.9 Å². The van der Waals surface area contributed by atoms with E-state index < -0.39 is 0 Å². The number of ether oxygens (including phenoxy) is 1. The zero-order chi connectivity index (χ0) is 18.8. The summed E-state index contributed by atoms with van der Waals surface area (Å²) in [5.41, 5.74) is 4.82. The monoisotopic (exact) mass is 482 g/mol. The van der Waals surface area contributed by atoms with Crippen LogP contribution in [0.4, 0.5) is 0 Å². The van der Waals surface area contributed by atoms with Crippen LogP contribution < -0.4 is 15.4 Å². The van der Waals surface area contributed by atoms with Crippen LogP contribution in [0, 0.1) is 13.8 Å². The van der Waals surface area contributed by atoms with Crippen LogP contribution in [0.25, 0.3) is 0 Å². The number of guanidine groups is 1. The molecule has 0 radical (unpaired) electrons. The molecule has 2 rings (SSSR count). The maximum absolute atomic E-state index is 5.75. The minimum absolute atomic E-state index is 0. The number of nitrogens with one attached hydrogen (secondary N) is 2. The Morgan fingerprint density at radius 3 is 2.63 bits per heavy atom. The van der Waals surface area contributed by atoms with E-state index in [1.165, 1.54) is 16.7 Å². The Bertz CT molecular complexity index is 734. The van der Waals surface area contributed by atoms with Crippen LogP contribution in [0.5, 0.6) is 5.75 Å². The predicted octanol–water partition coefficient (Wildman–Crippen LogP) is 4.01.